The second-order valence-corrected chi connectivity index (χ2v) is 5.62. The van der Waals surface area contributed by atoms with Crippen LogP contribution in [-0.4, -0.2) is 60.0 Å². The van der Waals surface area contributed by atoms with E-state index in [2.05, 4.69) is 27.1 Å². The Labute approximate surface area is 119 Å². The van der Waals surface area contributed by atoms with Crippen molar-refractivity contribution < 1.29 is 4.79 Å². The molecule has 1 aromatic heterocycles. The third kappa shape index (κ3) is 2.60. The van der Waals surface area contributed by atoms with Crippen molar-refractivity contribution in [3.05, 3.63) is 18.6 Å². The van der Waals surface area contributed by atoms with Gasteiger partial charge in [-0.25, -0.2) is 4.98 Å². The highest BCUT2D eigenvalue weighted by Crippen LogP contribution is 2.20. The predicted molar refractivity (Wildman–Crippen MR) is 76.3 cm³/mol. The molecule has 0 saturated carbocycles. The van der Waals surface area contributed by atoms with Gasteiger partial charge in [-0.1, -0.05) is 6.92 Å². The number of hydrogen-bond donors (Lipinski definition) is 1. The number of rotatable bonds is 2. The number of carbonyl (C=O) groups is 1. The predicted octanol–water partition coefficient (Wildman–Crippen LogP) is -0.0193. The first-order valence-electron chi connectivity index (χ1n) is 7.26. The number of anilines is 1. The van der Waals surface area contributed by atoms with Crippen molar-refractivity contribution in [3.8, 4) is 0 Å². The molecule has 108 valence electrons. The number of aromatic nitrogens is 2. The number of piperazine rings is 1. The molecule has 2 aliphatic rings. The van der Waals surface area contributed by atoms with Gasteiger partial charge in [0.15, 0.2) is 0 Å². The first-order chi connectivity index (χ1) is 9.75. The molecule has 1 N–H and O–H groups in total. The van der Waals surface area contributed by atoms with E-state index in [1.165, 1.54) is 0 Å². The van der Waals surface area contributed by atoms with Crippen LogP contribution in [0.15, 0.2) is 18.6 Å². The molecule has 2 fully saturated rings. The van der Waals surface area contributed by atoms with E-state index in [1.807, 2.05) is 4.90 Å². The van der Waals surface area contributed by atoms with Crippen LogP contribution in [0, 0.1) is 11.8 Å². The van der Waals surface area contributed by atoms with Crippen molar-refractivity contribution >= 4 is 11.7 Å². The van der Waals surface area contributed by atoms with E-state index in [-0.39, 0.29) is 5.92 Å². The summed E-state index contributed by atoms with van der Waals surface area (Å²) in [4.78, 5) is 25.1. The fraction of sp³-hybridized carbons (Fsp3) is 0.643. The zero-order chi connectivity index (χ0) is 13.9. The summed E-state index contributed by atoms with van der Waals surface area (Å²) in [6.45, 7) is 7.15. The minimum absolute atomic E-state index is 0.151. The van der Waals surface area contributed by atoms with Gasteiger partial charge in [-0.3, -0.25) is 9.78 Å². The molecule has 20 heavy (non-hydrogen) atoms. The van der Waals surface area contributed by atoms with Crippen LogP contribution < -0.4 is 10.2 Å². The molecular formula is C14H21N5O. The first kappa shape index (κ1) is 13.3. The van der Waals surface area contributed by atoms with Crippen LogP contribution in [-0.2, 0) is 4.79 Å². The average Bonchev–Trinajstić information content (AvgIpc) is 2.94. The van der Waals surface area contributed by atoms with Crippen LogP contribution in [0.4, 0.5) is 5.82 Å². The van der Waals surface area contributed by atoms with Crippen molar-refractivity contribution in [1.29, 1.82) is 0 Å². The van der Waals surface area contributed by atoms with Crippen molar-refractivity contribution in [3.63, 3.8) is 0 Å². The minimum atomic E-state index is 0.151. The fourth-order valence-electron chi connectivity index (χ4n) is 2.99. The van der Waals surface area contributed by atoms with E-state index in [4.69, 9.17) is 0 Å². The molecule has 2 atom stereocenters. The lowest BCUT2D eigenvalue weighted by Crippen LogP contribution is -2.51. The summed E-state index contributed by atoms with van der Waals surface area (Å²) in [5, 5.41) is 3.30. The summed E-state index contributed by atoms with van der Waals surface area (Å²) in [6.07, 6.45) is 5.16. The van der Waals surface area contributed by atoms with Crippen molar-refractivity contribution in [2.75, 3.05) is 44.2 Å². The highest BCUT2D eigenvalue weighted by molar-refractivity contribution is 5.80. The first-order valence-corrected chi connectivity index (χ1v) is 7.26. The Bertz CT molecular complexity index is 458. The Morgan fingerprint density at radius 3 is 2.65 bits per heavy atom. The molecule has 2 saturated heterocycles. The van der Waals surface area contributed by atoms with E-state index in [1.54, 1.807) is 18.6 Å². The number of nitrogens with one attached hydrogen (secondary N) is 1. The van der Waals surface area contributed by atoms with Gasteiger partial charge in [0.25, 0.3) is 0 Å². The minimum Gasteiger partial charge on any atom is -0.352 e. The summed E-state index contributed by atoms with van der Waals surface area (Å²) < 4.78 is 0. The molecule has 0 radical (unpaired) electrons. The van der Waals surface area contributed by atoms with Gasteiger partial charge in [-0.05, 0) is 12.5 Å². The Balaban J connectivity index is 1.57. The van der Waals surface area contributed by atoms with E-state index < -0.39 is 0 Å². The lowest BCUT2D eigenvalue weighted by atomic mass is 9.96. The number of amides is 1. The third-order valence-corrected chi connectivity index (χ3v) is 4.30. The van der Waals surface area contributed by atoms with Crippen LogP contribution >= 0.6 is 0 Å². The van der Waals surface area contributed by atoms with Crippen LogP contribution in [0.1, 0.15) is 6.92 Å². The topological polar surface area (TPSA) is 61.4 Å². The van der Waals surface area contributed by atoms with Gasteiger partial charge in [-0.15, -0.1) is 0 Å². The fourth-order valence-corrected chi connectivity index (χ4v) is 2.99. The summed E-state index contributed by atoms with van der Waals surface area (Å²) in [5.41, 5.74) is 0. The highest BCUT2D eigenvalue weighted by atomic mass is 16.2. The van der Waals surface area contributed by atoms with Gasteiger partial charge in [0.1, 0.15) is 5.82 Å². The maximum absolute atomic E-state index is 12.5. The Morgan fingerprint density at radius 2 is 2.05 bits per heavy atom. The Kier molecular flexibility index (Phi) is 3.82. The van der Waals surface area contributed by atoms with Crippen LogP contribution in [0.2, 0.25) is 0 Å². The molecular weight excluding hydrogens is 254 g/mol. The molecule has 1 aromatic rings. The van der Waals surface area contributed by atoms with Gasteiger partial charge >= 0.3 is 0 Å². The highest BCUT2D eigenvalue weighted by Gasteiger charge is 2.34. The second kappa shape index (κ2) is 5.75. The van der Waals surface area contributed by atoms with Gasteiger partial charge in [-0.2, -0.15) is 0 Å². The number of nitrogens with zero attached hydrogens (tertiary/aromatic N) is 4. The number of hydrogen-bond acceptors (Lipinski definition) is 5. The van der Waals surface area contributed by atoms with E-state index >= 15 is 0 Å². The maximum atomic E-state index is 12.5. The Hall–Kier alpha value is -1.69. The summed E-state index contributed by atoms with van der Waals surface area (Å²) in [7, 11) is 0. The molecule has 0 spiro atoms. The van der Waals surface area contributed by atoms with Gasteiger partial charge in [0.2, 0.25) is 5.91 Å². The zero-order valence-corrected chi connectivity index (χ0v) is 11.8. The zero-order valence-electron chi connectivity index (χ0n) is 11.8. The maximum Gasteiger partial charge on any atom is 0.227 e. The van der Waals surface area contributed by atoms with Gasteiger partial charge in [0.05, 0.1) is 12.1 Å². The largest absolute Gasteiger partial charge is 0.352 e. The molecule has 1 amide bonds. The quantitative estimate of drug-likeness (QED) is 0.822. The van der Waals surface area contributed by atoms with E-state index in [0.717, 1.165) is 45.1 Å². The van der Waals surface area contributed by atoms with Crippen molar-refractivity contribution in [1.82, 2.24) is 20.2 Å². The smallest absolute Gasteiger partial charge is 0.227 e. The molecule has 0 aromatic carbocycles. The number of carbonyl (C=O) groups excluding carboxylic acids is 1. The van der Waals surface area contributed by atoms with E-state index in [0.29, 0.717) is 11.8 Å². The molecule has 0 bridgehead atoms. The molecule has 3 heterocycles. The van der Waals surface area contributed by atoms with Crippen molar-refractivity contribution in [2.24, 2.45) is 11.8 Å². The lowest BCUT2D eigenvalue weighted by molar-refractivity contribution is -0.136. The SMILES string of the molecule is C[C@@H]1CNC[C@H]1C(=O)N1CCN(c2cnccn2)CC1. The van der Waals surface area contributed by atoms with Crippen molar-refractivity contribution in [2.45, 2.75) is 6.92 Å². The van der Waals surface area contributed by atoms with Crippen LogP contribution in [0.3, 0.4) is 0 Å². The molecule has 6 heteroatoms. The summed E-state index contributed by atoms with van der Waals surface area (Å²) >= 11 is 0. The van der Waals surface area contributed by atoms with Gasteiger partial charge < -0.3 is 15.1 Å². The van der Waals surface area contributed by atoms with E-state index in [9.17, 15) is 4.79 Å². The molecule has 0 unspecified atom stereocenters. The molecule has 6 nitrogen and oxygen atoms in total. The monoisotopic (exact) mass is 275 g/mol. The molecule has 0 aliphatic carbocycles. The normalized spacial score (nSPS) is 26.9. The standard InChI is InChI=1S/C14H21N5O/c1-11-8-16-9-12(11)14(20)19-6-4-18(5-7-19)13-10-15-2-3-17-13/h2-3,10-12,16H,4-9H2,1H3/t11-,12-/m1/s1. The van der Waals surface area contributed by atoms with Gasteiger partial charge in [0, 0.05) is 45.1 Å². The Morgan fingerprint density at radius 1 is 1.25 bits per heavy atom. The molecule has 3 rings (SSSR count). The molecule has 2 aliphatic heterocycles. The lowest BCUT2D eigenvalue weighted by Gasteiger charge is -2.36. The summed E-state index contributed by atoms with van der Waals surface area (Å²) in [5.74, 6) is 1.80. The summed E-state index contributed by atoms with van der Waals surface area (Å²) in [6, 6.07) is 0. The second-order valence-electron chi connectivity index (χ2n) is 5.62. The average molecular weight is 275 g/mol. The third-order valence-electron chi connectivity index (χ3n) is 4.30. The van der Waals surface area contributed by atoms with Crippen LogP contribution in [0.25, 0.3) is 0 Å². The van der Waals surface area contributed by atoms with Crippen LogP contribution in [0.5, 0.6) is 0 Å².